The monoisotopic (exact) mass is 332 g/mol. The molecule has 130 valence electrons. The Kier molecular flexibility index (Phi) is 6.55. The summed E-state index contributed by atoms with van der Waals surface area (Å²) in [5, 5.41) is 11.5. The van der Waals surface area contributed by atoms with E-state index in [1.165, 1.54) is 11.1 Å². The van der Waals surface area contributed by atoms with E-state index in [1.54, 1.807) is 6.08 Å². The third-order valence-corrected chi connectivity index (χ3v) is 4.62. The molecule has 25 heavy (non-hydrogen) atoms. The summed E-state index contributed by atoms with van der Waals surface area (Å²) in [7, 11) is 0. The summed E-state index contributed by atoms with van der Waals surface area (Å²) >= 11 is 0. The van der Waals surface area contributed by atoms with Gasteiger partial charge in [-0.2, -0.15) is 0 Å². The molecule has 1 unspecified atom stereocenters. The van der Waals surface area contributed by atoms with Crippen LogP contribution in [0.5, 0.6) is 0 Å². The minimum Gasteiger partial charge on any atom is -0.384 e. The molecule has 2 rings (SSSR count). The van der Waals surface area contributed by atoms with E-state index in [0.29, 0.717) is 12.8 Å². The number of hydrogen-bond donors (Lipinski definition) is 1. The third kappa shape index (κ3) is 4.00. The quantitative estimate of drug-likeness (QED) is 0.572. The summed E-state index contributed by atoms with van der Waals surface area (Å²) in [6.07, 6.45) is 15.0. The Balaban J connectivity index is 2.81. The van der Waals surface area contributed by atoms with E-state index < -0.39 is 5.60 Å². The number of benzene rings is 1. The van der Waals surface area contributed by atoms with Crippen LogP contribution >= 0.6 is 0 Å². The smallest absolute Gasteiger partial charge is 0.0973 e. The van der Waals surface area contributed by atoms with E-state index in [4.69, 9.17) is 0 Å². The maximum atomic E-state index is 11.5. The van der Waals surface area contributed by atoms with E-state index in [9.17, 15) is 5.11 Å². The summed E-state index contributed by atoms with van der Waals surface area (Å²) in [5.74, 6) is 0. The number of aliphatic hydroxyl groups is 1. The first kappa shape index (κ1) is 19.0. The fraction of sp³-hybridized carbons (Fsp3) is 0.250. The second-order valence-corrected chi connectivity index (χ2v) is 6.46. The second kappa shape index (κ2) is 8.64. The molecule has 0 aromatic heterocycles. The van der Waals surface area contributed by atoms with Gasteiger partial charge in [0.25, 0.3) is 0 Å². The Morgan fingerprint density at radius 3 is 2.04 bits per heavy atom. The molecule has 0 fully saturated rings. The Bertz CT molecular complexity index is 700. The van der Waals surface area contributed by atoms with Gasteiger partial charge in [0.2, 0.25) is 0 Å². The molecule has 1 aromatic carbocycles. The highest BCUT2D eigenvalue weighted by molar-refractivity contribution is 5.82. The average molecular weight is 332 g/mol. The Morgan fingerprint density at radius 2 is 1.52 bits per heavy atom. The molecular weight excluding hydrogens is 304 g/mol. The predicted molar refractivity (Wildman–Crippen MR) is 109 cm³/mol. The van der Waals surface area contributed by atoms with Crippen molar-refractivity contribution in [1.82, 2.24) is 0 Å². The summed E-state index contributed by atoms with van der Waals surface area (Å²) in [4.78, 5) is 0. The van der Waals surface area contributed by atoms with Crippen molar-refractivity contribution in [3.05, 3.63) is 103 Å². The SMILES string of the molecule is C=CCC1=C(c2c(CC=C)cccc2CC=C)C(O)(CC=C)CC=C1. The highest BCUT2D eigenvalue weighted by atomic mass is 16.3. The maximum absolute atomic E-state index is 11.5. The van der Waals surface area contributed by atoms with Gasteiger partial charge >= 0.3 is 0 Å². The summed E-state index contributed by atoms with van der Waals surface area (Å²) in [6, 6.07) is 6.31. The summed E-state index contributed by atoms with van der Waals surface area (Å²) in [6.45, 7) is 15.6. The predicted octanol–water partition coefficient (Wildman–Crippen LogP) is 5.74. The lowest BCUT2D eigenvalue weighted by molar-refractivity contribution is 0.106. The normalized spacial score (nSPS) is 19.6. The highest BCUT2D eigenvalue weighted by Gasteiger charge is 2.35. The van der Waals surface area contributed by atoms with E-state index >= 15 is 0 Å². The molecule has 1 nitrogen and oxygen atoms in total. The summed E-state index contributed by atoms with van der Waals surface area (Å²) in [5.41, 5.74) is 4.68. The van der Waals surface area contributed by atoms with Gasteiger partial charge in [0.15, 0.2) is 0 Å². The van der Waals surface area contributed by atoms with E-state index in [2.05, 4.69) is 56.7 Å². The van der Waals surface area contributed by atoms with E-state index in [1.807, 2.05) is 18.2 Å². The highest BCUT2D eigenvalue weighted by Crippen LogP contribution is 2.43. The van der Waals surface area contributed by atoms with Crippen molar-refractivity contribution < 1.29 is 5.11 Å². The lowest BCUT2D eigenvalue weighted by Gasteiger charge is -2.36. The van der Waals surface area contributed by atoms with Crippen LogP contribution in [0.2, 0.25) is 0 Å². The first-order valence-corrected chi connectivity index (χ1v) is 8.78. The number of rotatable bonds is 9. The Labute approximate surface area is 152 Å². The molecule has 0 saturated carbocycles. The lowest BCUT2D eigenvalue weighted by Crippen LogP contribution is -2.32. The van der Waals surface area contributed by atoms with Crippen LogP contribution in [0.15, 0.2) is 86.5 Å². The second-order valence-electron chi connectivity index (χ2n) is 6.46. The molecule has 1 N–H and O–H groups in total. The van der Waals surface area contributed by atoms with Crippen molar-refractivity contribution in [3.8, 4) is 0 Å². The van der Waals surface area contributed by atoms with Crippen LogP contribution in [0.25, 0.3) is 5.57 Å². The van der Waals surface area contributed by atoms with Crippen molar-refractivity contribution in [1.29, 1.82) is 0 Å². The van der Waals surface area contributed by atoms with Gasteiger partial charge in [-0.1, -0.05) is 54.7 Å². The van der Waals surface area contributed by atoms with Crippen LogP contribution in [0.3, 0.4) is 0 Å². The minimum atomic E-state index is -0.942. The van der Waals surface area contributed by atoms with Gasteiger partial charge in [-0.3, -0.25) is 0 Å². The van der Waals surface area contributed by atoms with Gasteiger partial charge in [-0.15, -0.1) is 26.3 Å². The van der Waals surface area contributed by atoms with Gasteiger partial charge in [0, 0.05) is 0 Å². The molecule has 1 aromatic rings. The molecule has 0 spiro atoms. The third-order valence-electron chi connectivity index (χ3n) is 4.62. The zero-order valence-corrected chi connectivity index (χ0v) is 15.0. The van der Waals surface area contributed by atoms with Crippen molar-refractivity contribution in [3.63, 3.8) is 0 Å². The molecule has 1 aliphatic rings. The zero-order valence-electron chi connectivity index (χ0n) is 15.0. The number of hydrogen-bond acceptors (Lipinski definition) is 1. The van der Waals surface area contributed by atoms with Crippen molar-refractivity contribution in [2.45, 2.75) is 37.7 Å². The molecule has 1 atom stereocenters. The molecule has 0 saturated heterocycles. The molecule has 0 radical (unpaired) electrons. The fourth-order valence-electron chi connectivity index (χ4n) is 3.65. The van der Waals surface area contributed by atoms with Crippen molar-refractivity contribution in [2.24, 2.45) is 0 Å². The molecule has 0 aliphatic heterocycles. The Morgan fingerprint density at radius 1 is 0.920 bits per heavy atom. The first-order chi connectivity index (χ1) is 12.1. The molecule has 1 heteroatoms. The van der Waals surface area contributed by atoms with Crippen LogP contribution in [-0.4, -0.2) is 10.7 Å². The van der Waals surface area contributed by atoms with Crippen molar-refractivity contribution >= 4 is 5.57 Å². The topological polar surface area (TPSA) is 20.2 Å². The van der Waals surface area contributed by atoms with Crippen LogP contribution < -0.4 is 0 Å². The van der Waals surface area contributed by atoms with Gasteiger partial charge < -0.3 is 5.11 Å². The molecule has 0 bridgehead atoms. The van der Waals surface area contributed by atoms with Gasteiger partial charge in [0.05, 0.1) is 5.60 Å². The largest absolute Gasteiger partial charge is 0.384 e. The zero-order chi connectivity index (χ0) is 18.3. The van der Waals surface area contributed by atoms with Crippen LogP contribution in [0.1, 0.15) is 36.0 Å². The molecule has 0 amide bonds. The lowest BCUT2D eigenvalue weighted by atomic mass is 9.73. The summed E-state index contributed by atoms with van der Waals surface area (Å²) < 4.78 is 0. The van der Waals surface area contributed by atoms with Crippen LogP contribution in [0, 0.1) is 0 Å². The average Bonchev–Trinajstić information content (AvgIpc) is 2.57. The van der Waals surface area contributed by atoms with Crippen LogP contribution in [0.4, 0.5) is 0 Å². The first-order valence-electron chi connectivity index (χ1n) is 8.78. The standard InChI is InChI=1S/C24H28O/c1-5-11-19-14-9-15-20(12-6-2)22(19)23-21(13-7-3)16-10-18-24(23,25)17-8-4/h5-10,14-16,25H,1-4,11-13,17-18H2. The molecular formula is C24H28O. The van der Waals surface area contributed by atoms with Gasteiger partial charge in [0.1, 0.15) is 0 Å². The fourth-order valence-corrected chi connectivity index (χ4v) is 3.65. The molecule has 1 aliphatic carbocycles. The van der Waals surface area contributed by atoms with Crippen LogP contribution in [-0.2, 0) is 12.8 Å². The minimum absolute atomic E-state index is 0.517. The van der Waals surface area contributed by atoms with Gasteiger partial charge in [-0.25, -0.2) is 0 Å². The van der Waals surface area contributed by atoms with Gasteiger partial charge in [-0.05, 0) is 59.9 Å². The number of allylic oxidation sites excluding steroid dienone is 5. The molecule has 0 heterocycles. The van der Waals surface area contributed by atoms with E-state index in [-0.39, 0.29) is 0 Å². The Hall–Kier alpha value is -2.38. The van der Waals surface area contributed by atoms with E-state index in [0.717, 1.165) is 36.0 Å². The maximum Gasteiger partial charge on any atom is 0.0973 e. The van der Waals surface area contributed by atoms with Crippen molar-refractivity contribution in [2.75, 3.05) is 0 Å².